The third-order valence-electron chi connectivity index (χ3n) is 2.97. The van der Waals surface area contributed by atoms with E-state index in [2.05, 4.69) is 26.6 Å². The highest BCUT2D eigenvalue weighted by atomic mass is 79.9. The van der Waals surface area contributed by atoms with Gasteiger partial charge in [-0.1, -0.05) is 28.1 Å². The molecule has 0 amide bonds. The van der Waals surface area contributed by atoms with Crippen LogP contribution in [0.5, 0.6) is 0 Å². The van der Waals surface area contributed by atoms with Gasteiger partial charge in [-0.05, 0) is 43.8 Å². The average Bonchev–Trinajstić information content (AvgIpc) is 2.38. The molecule has 1 unspecified atom stereocenters. The van der Waals surface area contributed by atoms with Gasteiger partial charge in [0.25, 0.3) is 0 Å². The number of thiocarbonyl (C=S) groups is 1. The van der Waals surface area contributed by atoms with Gasteiger partial charge in [-0.3, -0.25) is 0 Å². The van der Waals surface area contributed by atoms with Crippen molar-refractivity contribution in [3.8, 4) is 0 Å². The van der Waals surface area contributed by atoms with E-state index in [1.165, 1.54) is 0 Å². The van der Waals surface area contributed by atoms with Gasteiger partial charge in [0.15, 0.2) is 5.11 Å². The Morgan fingerprint density at radius 2 is 2.05 bits per heavy atom. The van der Waals surface area contributed by atoms with Crippen molar-refractivity contribution in [3.05, 3.63) is 45.6 Å². The van der Waals surface area contributed by atoms with Gasteiger partial charge in [-0.15, -0.1) is 0 Å². The van der Waals surface area contributed by atoms with Crippen LogP contribution in [0.25, 0.3) is 0 Å². The van der Waals surface area contributed by atoms with E-state index >= 15 is 0 Å². The van der Waals surface area contributed by atoms with E-state index in [0.717, 1.165) is 15.7 Å². The van der Waals surface area contributed by atoms with Gasteiger partial charge in [0.1, 0.15) is 0 Å². The fourth-order valence-electron chi connectivity index (χ4n) is 2.08. The number of halogens is 1. The Balaban J connectivity index is 2.41. The summed E-state index contributed by atoms with van der Waals surface area (Å²) in [5, 5.41) is 6.59. The Kier molecular flexibility index (Phi) is 4.77. The van der Waals surface area contributed by atoms with Crippen LogP contribution in [0.1, 0.15) is 25.5 Å². The summed E-state index contributed by atoms with van der Waals surface area (Å²) < 4.78 is 6.12. The van der Waals surface area contributed by atoms with Gasteiger partial charge in [-0.25, -0.2) is 4.79 Å². The summed E-state index contributed by atoms with van der Waals surface area (Å²) in [6, 6.07) is 7.46. The van der Waals surface area contributed by atoms with Crippen LogP contribution in [0.2, 0.25) is 0 Å². The maximum Gasteiger partial charge on any atom is 0.338 e. The number of esters is 1. The number of nitrogens with one attached hydrogen (secondary N) is 2. The lowest BCUT2D eigenvalue weighted by Gasteiger charge is -2.29. The number of carbonyl (C=O) groups excluding carboxylic acids is 1. The predicted octanol–water partition coefficient (Wildman–Crippen LogP) is 2.81. The minimum atomic E-state index is -0.333. The zero-order valence-corrected chi connectivity index (χ0v) is 13.6. The van der Waals surface area contributed by atoms with E-state index in [1.807, 2.05) is 31.2 Å². The van der Waals surface area contributed by atoms with E-state index in [9.17, 15) is 4.79 Å². The summed E-state index contributed by atoms with van der Waals surface area (Å²) in [4.78, 5) is 12.2. The van der Waals surface area contributed by atoms with E-state index in [4.69, 9.17) is 17.0 Å². The first kappa shape index (κ1) is 15.0. The molecule has 1 aliphatic heterocycles. The van der Waals surface area contributed by atoms with Gasteiger partial charge in [0, 0.05) is 10.2 Å². The molecule has 0 fully saturated rings. The van der Waals surface area contributed by atoms with Gasteiger partial charge in [0.2, 0.25) is 0 Å². The van der Waals surface area contributed by atoms with Crippen LogP contribution in [0, 0.1) is 0 Å². The van der Waals surface area contributed by atoms with Crippen LogP contribution in [0.3, 0.4) is 0 Å². The summed E-state index contributed by atoms with van der Waals surface area (Å²) >= 11 is 8.57. The molecule has 2 N–H and O–H groups in total. The van der Waals surface area contributed by atoms with Gasteiger partial charge in [0.05, 0.1) is 18.2 Å². The van der Waals surface area contributed by atoms with Crippen molar-refractivity contribution < 1.29 is 9.53 Å². The maximum atomic E-state index is 12.2. The molecule has 2 rings (SSSR count). The molecule has 0 spiro atoms. The van der Waals surface area contributed by atoms with Gasteiger partial charge in [-0.2, -0.15) is 0 Å². The first-order valence-electron chi connectivity index (χ1n) is 6.23. The second-order valence-corrected chi connectivity index (χ2v) is 5.67. The van der Waals surface area contributed by atoms with E-state index in [-0.39, 0.29) is 12.0 Å². The molecular formula is C14H15BrN2O2S. The topological polar surface area (TPSA) is 50.4 Å². The summed E-state index contributed by atoms with van der Waals surface area (Å²) in [6.45, 7) is 3.95. The van der Waals surface area contributed by atoms with Crippen LogP contribution < -0.4 is 10.6 Å². The highest BCUT2D eigenvalue weighted by Crippen LogP contribution is 2.28. The minimum absolute atomic E-state index is 0.295. The van der Waals surface area contributed by atoms with Crippen molar-refractivity contribution in [2.24, 2.45) is 0 Å². The SMILES string of the molecule is CCOC(=O)C1=C(C)NC(=S)NC1c1ccc(Br)cc1. The Morgan fingerprint density at radius 3 is 2.65 bits per heavy atom. The molecule has 1 atom stereocenters. The number of allylic oxidation sites excluding steroid dienone is 1. The van der Waals surface area contributed by atoms with Gasteiger partial charge >= 0.3 is 5.97 Å². The molecule has 0 aliphatic carbocycles. The van der Waals surface area contributed by atoms with Crippen molar-refractivity contribution in [1.82, 2.24) is 10.6 Å². The molecule has 4 nitrogen and oxygen atoms in total. The summed E-state index contributed by atoms with van der Waals surface area (Å²) in [6.07, 6.45) is 0. The first-order valence-corrected chi connectivity index (χ1v) is 7.44. The molecule has 0 saturated carbocycles. The highest BCUT2D eigenvalue weighted by Gasteiger charge is 2.30. The predicted molar refractivity (Wildman–Crippen MR) is 85.1 cm³/mol. The summed E-state index contributed by atoms with van der Waals surface area (Å²) in [7, 11) is 0. The number of carbonyl (C=O) groups is 1. The first-order chi connectivity index (χ1) is 9.52. The lowest BCUT2D eigenvalue weighted by Crippen LogP contribution is -2.45. The highest BCUT2D eigenvalue weighted by molar-refractivity contribution is 9.10. The van der Waals surface area contributed by atoms with Crippen LogP contribution in [-0.4, -0.2) is 17.7 Å². The van der Waals surface area contributed by atoms with Crippen LogP contribution in [-0.2, 0) is 9.53 Å². The van der Waals surface area contributed by atoms with E-state index in [1.54, 1.807) is 6.92 Å². The van der Waals surface area contributed by atoms with Crippen molar-refractivity contribution >= 4 is 39.2 Å². The minimum Gasteiger partial charge on any atom is -0.463 e. The number of ether oxygens (including phenoxy) is 1. The normalized spacial score (nSPS) is 18.4. The van der Waals surface area contributed by atoms with Crippen LogP contribution >= 0.6 is 28.1 Å². The lowest BCUT2D eigenvalue weighted by molar-refractivity contribution is -0.139. The number of hydrogen-bond acceptors (Lipinski definition) is 3. The Labute approximate surface area is 131 Å². The van der Waals surface area contributed by atoms with Crippen molar-refractivity contribution in [3.63, 3.8) is 0 Å². The molecule has 1 aliphatic rings. The zero-order chi connectivity index (χ0) is 14.7. The standard InChI is InChI=1S/C14H15BrN2O2S/c1-3-19-13(18)11-8(2)16-14(20)17-12(11)9-4-6-10(15)7-5-9/h4-7,12H,3H2,1-2H3,(H2,16,17,20). The van der Waals surface area contributed by atoms with E-state index in [0.29, 0.717) is 17.3 Å². The number of rotatable bonds is 3. The number of benzene rings is 1. The average molecular weight is 355 g/mol. The maximum absolute atomic E-state index is 12.2. The summed E-state index contributed by atoms with van der Waals surface area (Å²) in [5.74, 6) is -0.333. The second-order valence-electron chi connectivity index (χ2n) is 4.34. The quantitative estimate of drug-likeness (QED) is 0.645. The molecule has 20 heavy (non-hydrogen) atoms. The molecule has 106 valence electrons. The van der Waals surface area contributed by atoms with Gasteiger partial charge < -0.3 is 15.4 Å². The molecule has 1 aromatic carbocycles. The number of hydrogen-bond donors (Lipinski definition) is 2. The van der Waals surface area contributed by atoms with E-state index < -0.39 is 0 Å². The molecule has 1 heterocycles. The van der Waals surface area contributed by atoms with Crippen molar-refractivity contribution in [1.29, 1.82) is 0 Å². The Hall–Kier alpha value is -1.40. The molecule has 0 radical (unpaired) electrons. The molecule has 6 heteroatoms. The summed E-state index contributed by atoms with van der Waals surface area (Å²) in [5.41, 5.74) is 2.24. The van der Waals surface area contributed by atoms with Crippen molar-refractivity contribution in [2.75, 3.05) is 6.61 Å². The smallest absolute Gasteiger partial charge is 0.338 e. The van der Waals surface area contributed by atoms with Crippen molar-refractivity contribution in [2.45, 2.75) is 19.9 Å². The Morgan fingerprint density at radius 1 is 1.40 bits per heavy atom. The molecule has 0 aromatic heterocycles. The fourth-order valence-corrected chi connectivity index (χ4v) is 2.61. The fraction of sp³-hybridized carbons (Fsp3) is 0.286. The Bertz CT molecular complexity index is 569. The monoisotopic (exact) mass is 354 g/mol. The van der Waals surface area contributed by atoms with Crippen LogP contribution in [0.15, 0.2) is 40.0 Å². The molecule has 1 aromatic rings. The molecule has 0 bridgehead atoms. The molecule has 0 saturated heterocycles. The van der Waals surface area contributed by atoms with Crippen LogP contribution in [0.4, 0.5) is 0 Å². The third-order valence-corrected chi connectivity index (χ3v) is 3.72. The largest absolute Gasteiger partial charge is 0.463 e. The zero-order valence-electron chi connectivity index (χ0n) is 11.2. The lowest BCUT2D eigenvalue weighted by atomic mass is 9.96. The second kappa shape index (κ2) is 6.37. The molecular weight excluding hydrogens is 340 g/mol. The third kappa shape index (κ3) is 3.19.